The molecule has 0 aromatic rings. The standard InChI is InChI=1S/C18H37N3/c1-17(2)14-20-10-12-21(13-11-20)16-18(15-19-3)8-6-4-5-7-9-18/h17,19H,4-16H2,1-3H3. The molecule has 2 fully saturated rings. The van der Waals surface area contributed by atoms with Crippen molar-refractivity contribution in [2.75, 3.05) is 52.9 Å². The van der Waals surface area contributed by atoms with Crippen molar-refractivity contribution < 1.29 is 0 Å². The van der Waals surface area contributed by atoms with Crippen molar-refractivity contribution in [3.63, 3.8) is 0 Å². The molecule has 0 aromatic heterocycles. The van der Waals surface area contributed by atoms with Crippen LogP contribution in [-0.4, -0.2) is 62.7 Å². The maximum atomic E-state index is 3.49. The van der Waals surface area contributed by atoms with Gasteiger partial charge in [0.15, 0.2) is 0 Å². The Morgan fingerprint density at radius 3 is 2.00 bits per heavy atom. The van der Waals surface area contributed by atoms with Crippen LogP contribution in [0.15, 0.2) is 0 Å². The van der Waals surface area contributed by atoms with Gasteiger partial charge in [0.05, 0.1) is 0 Å². The largest absolute Gasteiger partial charge is 0.319 e. The molecule has 2 rings (SSSR count). The molecule has 2 aliphatic rings. The highest BCUT2D eigenvalue weighted by atomic mass is 15.3. The zero-order chi connectivity index (χ0) is 15.1. The van der Waals surface area contributed by atoms with Crippen LogP contribution in [0.5, 0.6) is 0 Å². The molecule has 1 N–H and O–H groups in total. The van der Waals surface area contributed by atoms with Gasteiger partial charge in [-0.05, 0) is 31.2 Å². The van der Waals surface area contributed by atoms with Gasteiger partial charge in [-0.3, -0.25) is 0 Å². The zero-order valence-electron chi connectivity index (χ0n) is 14.7. The van der Waals surface area contributed by atoms with Crippen LogP contribution < -0.4 is 5.32 Å². The van der Waals surface area contributed by atoms with E-state index in [1.54, 1.807) is 0 Å². The van der Waals surface area contributed by atoms with Gasteiger partial charge in [-0.1, -0.05) is 39.5 Å². The first-order valence-corrected chi connectivity index (χ1v) is 9.23. The van der Waals surface area contributed by atoms with Crippen LogP contribution in [0.2, 0.25) is 0 Å². The normalized spacial score (nSPS) is 25.1. The highest BCUT2D eigenvalue weighted by molar-refractivity contribution is 4.88. The molecule has 0 amide bonds. The highest BCUT2D eigenvalue weighted by Crippen LogP contribution is 2.35. The van der Waals surface area contributed by atoms with E-state index in [9.17, 15) is 0 Å². The third-order valence-electron chi connectivity index (χ3n) is 5.36. The summed E-state index contributed by atoms with van der Waals surface area (Å²) in [6, 6.07) is 0. The molecule has 0 bridgehead atoms. The van der Waals surface area contributed by atoms with E-state index in [0.29, 0.717) is 5.41 Å². The SMILES string of the molecule is CNCC1(CN2CCN(CC(C)C)CC2)CCCCCC1. The summed E-state index contributed by atoms with van der Waals surface area (Å²) >= 11 is 0. The molecule has 3 nitrogen and oxygen atoms in total. The van der Waals surface area contributed by atoms with Crippen molar-refractivity contribution in [1.29, 1.82) is 0 Å². The fourth-order valence-corrected chi connectivity index (χ4v) is 4.37. The van der Waals surface area contributed by atoms with Crippen LogP contribution in [0.1, 0.15) is 52.4 Å². The summed E-state index contributed by atoms with van der Waals surface area (Å²) in [4.78, 5) is 5.40. The molecule has 0 radical (unpaired) electrons. The lowest BCUT2D eigenvalue weighted by Crippen LogP contribution is -2.52. The molecule has 1 saturated heterocycles. The lowest BCUT2D eigenvalue weighted by atomic mass is 9.79. The summed E-state index contributed by atoms with van der Waals surface area (Å²) in [5, 5.41) is 3.49. The highest BCUT2D eigenvalue weighted by Gasteiger charge is 2.33. The van der Waals surface area contributed by atoms with Gasteiger partial charge in [0, 0.05) is 45.8 Å². The van der Waals surface area contributed by atoms with Crippen LogP contribution in [0.4, 0.5) is 0 Å². The fraction of sp³-hybridized carbons (Fsp3) is 1.00. The van der Waals surface area contributed by atoms with Crippen molar-refractivity contribution in [3.05, 3.63) is 0 Å². The Morgan fingerprint density at radius 1 is 0.905 bits per heavy atom. The van der Waals surface area contributed by atoms with E-state index in [2.05, 4.69) is 36.0 Å². The first-order chi connectivity index (χ1) is 10.1. The summed E-state index contributed by atoms with van der Waals surface area (Å²) in [5.74, 6) is 0.800. The van der Waals surface area contributed by atoms with Crippen molar-refractivity contribution in [3.8, 4) is 0 Å². The van der Waals surface area contributed by atoms with E-state index >= 15 is 0 Å². The molecule has 1 aliphatic heterocycles. The van der Waals surface area contributed by atoms with Gasteiger partial charge in [0.1, 0.15) is 0 Å². The summed E-state index contributed by atoms with van der Waals surface area (Å²) in [5.41, 5.74) is 0.547. The maximum absolute atomic E-state index is 3.49. The minimum atomic E-state index is 0.547. The summed E-state index contributed by atoms with van der Waals surface area (Å²) in [6.45, 7) is 13.6. The average molecular weight is 296 g/mol. The molecule has 0 atom stereocenters. The quantitative estimate of drug-likeness (QED) is 0.760. The second-order valence-corrected chi connectivity index (χ2v) is 7.92. The number of hydrogen-bond donors (Lipinski definition) is 1. The average Bonchev–Trinajstić information content (AvgIpc) is 2.67. The lowest BCUT2D eigenvalue weighted by Gasteiger charge is -2.42. The first kappa shape index (κ1) is 17.2. The number of nitrogens with zero attached hydrogens (tertiary/aromatic N) is 2. The Kier molecular flexibility index (Phi) is 6.97. The number of nitrogens with one attached hydrogen (secondary N) is 1. The minimum Gasteiger partial charge on any atom is -0.319 e. The smallest absolute Gasteiger partial charge is 0.0110 e. The van der Waals surface area contributed by atoms with Crippen molar-refractivity contribution in [2.45, 2.75) is 52.4 Å². The number of hydrogen-bond acceptors (Lipinski definition) is 3. The fourth-order valence-electron chi connectivity index (χ4n) is 4.37. The maximum Gasteiger partial charge on any atom is 0.0110 e. The Bertz CT molecular complexity index is 274. The van der Waals surface area contributed by atoms with E-state index in [-0.39, 0.29) is 0 Å². The zero-order valence-corrected chi connectivity index (χ0v) is 14.7. The summed E-state index contributed by atoms with van der Waals surface area (Å²) < 4.78 is 0. The molecule has 124 valence electrons. The number of rotatable bonds is 6. The summed E-state index contributed by atoms with van der Waals surface area (Å²) in [6.07, 6.45) is 8.64. The van der Waals surface area contributed by atoms with Gasteiger partial charge in [0.25, 0.3) is 0 Å². The monoisotopic (exact) mass is 295 g/mol. The van der Waals surface area contributed by atoms with E-state index in [1.165, 1.54) is 84.3 Å². The van der Waals surface area contributed by atoms with Crippen LogP contribution in [0.3, 0.4) is 0 Å². The Hall–Kier alpha value is -0.120. The third-order valence-corrected chi connectivity index (χ3v) is 5.36. The predicted octanol–water partition coefficient (Wildman–Crippen LogP) is 2.82. The minimum absolute atomic E-state index is 0.547. The summed E-state index contributed by atoms with van der Waals surface area (Å²) in [7, 11) is 2.13. The molecule has 0 spiro atoms. The van der Waals surface area contributed by atoms with Crippen molar-refractivity contribution in [1.82, 2.24) is 15.1 Å². The lowest BCUT2D eigenvalue weighted by molar-refractivity contribution is 0.0710. The second kappa shape index (κ2) is 8.50. The molecule has 3 heteroatoms. The van der Waals surface area contributed by atoms with E-state index < -0.39 is 0 Å². The van der Waals surface area contributed by atoms with Gasteiger partial charge in [-0.25, -0.2) is 0 Å². The van der Waals surface area contributed by atoms with Crippen LogP contribution in [0, 0.1) is 11.3 Å². The molecular formula is C18H37N3. The molecule has 1 saturated carbocycles. The van der Waals surface area contributed by atoms with E-state index in [0.717, 1.165) is 5.92 Å². The molecule has 0 aromatic carbocycles. The predicted molar refractivity (Wildman–Crippen MR) is 91.8 cm³/mol. The van der Waals surface area contributed by atoms with E-state index in [1.807, 2.05) is 0 Å². The Morgan fingerprint density at radius 2 is 1.48 bits per heavy atom. The van der Waals surface area contributed by atoms with Crippen LogP contribution >= 0.6 is 0 Å². The molecule has 1 aliphatic carbocycles. The van der Waals surface area contributed by atoms with Gasteiger partial charge in [-0.2, -0.15) is 0 Å². The van der Waals surface area contributed by atoms with Crippen molar-refractivity contribution >= 4 is 0 Å². The molecular weight excluding hydrogens is 258 g/mol. The van der Waals surface area contributed by atoms with Crippen LogP contribution in [-0.2, 0) is 0 Å². The van der Waals surface area contributed by atoms with Crippen LogP contribution in [0.25, 0.3) is 0 Å². The van der Waals surface area contributed by atoms with Gasteiger partial charge < -0.3 is 15.1 Å². The molecule has 1 heterocycles. The Labute approximate surface area is 132 Å². The number of piperazine rings is 1. The topological polar surface area (TPSA) is 18.5 Å². The second-order valence-electron chi connectivity index (χ2n) is 7.92. The van der Waals surface area contributed by atoms with Gasteiger partial charge in [0.2, 0.25) is 0 Å². The van der Waals surface area contributed by atoms with Crippen molar-refractivity contribution in [2.24, 2.45) is 11.3 Å². The van der Waals surface area contributed by atoms with Gasteiger partial charge in [-0.15, -0.1) is 0 Å². The molecule has 21 heavy (non-hydrogen) atoms. The first-order valence-electron chi connectivity index (χ1n) is 9.23. The third kappa shape index (κ3) is 5.54. The Balaban J connectivity index is 1.84. The van der Waals surface area contributed by atoms with Gasteiger partial charge >= 0.3 is 0 Å². The molecule has 0 unspecified atom stereocenters. The van der Waals surface area contributed by atoms with E-state index in [4.69, 9.17) is 0 Å².